The molecule has 21 heavy (non-hydrogen) atoms. The van der Waals surface area contributed by atoms with Crippen molar-refractivity contribution in [1.82, 2.24) is 14.9 Å². The number of rotatable bonds is 4. The molecule has 0 aliphatic carbocycles. The molecule has 1 aromatic heterocycles. The van der Waals surface area contributed by atoms with Crippen molar-refractivity contribution in [2.75, 3.05) is 11.3 Å². The average molecular weight is 420 g/mol. The van der Waals surface area contributed by atoms with Gasteiger partial charge in [0.2, 0.25) is 0 Å². The Morgan fingerprint density at radius 3 is 2.71 bits per heavy atom. The van der Waals surface area contributed by atoms with Crippen LogP contribution in [0.15, 0.2) is 20.1 Å². The van der Waals surface area contributed by atoms with Gasteiger partial charge in [-0.05, 0) is 37.9 Å². The summed E-state index contributed by atoms with van der Waals surface area (Å²) >= 11 is 6.26. The van der Waals surface area contributed by atoms with Crippen molar-refractivity contribution in [2.45, 2.75) is 13.3 Å². The van der Waals surface area contributed by atoms with Crippen LogP contribution in [0.3, 0.4) is 0 Å². The minimum absolute atomic E-state index is 0.0908. The molecular formula is C11H12Br2N6O2. The molecule has 0 radical (unpaired) electrons. The number of nitrogen functional groups attached to an aromatic ring is 1. The predicted octanol–water partition coefficient (Wildman–Crippen LogP) is 1.94. The lowest BCUT2D eigenvalue weighted by Crippen LogP contribution is -2.14. The molecule has 5 N–H and O–H groups in total. The Morgan fingerprint density at radius 1 is 1.38 bits per heavy atom. The smallest absolute Gasteiger partial charge is 0.263 e. The van der Waals surface area contributed by atoms with Crippen LogP contribution in [0.1, 0.15) is 18.3 Å². The zero-order valence-corrected chi connectivity index (χ0v) is 14.1. The van der Waals surface area contributed by atoms with Gasteiger partial charge in [-0.3, -0.25) is 0 Å². The van der Waals surface area contributed by atoms with E-state index < -0.39 is 0 Å². The van der Waals surface area contributed by atoms with Gasteiger partial charge in [0.05, 0.1) is 10.7 Å². The van der Waals surface area contributed by atoms with Crippen LogP contribution in [0.2, 0.25) is 0 Å². The number of phenolic OH excluding ortho intramolecular Hbond substituents is 2. The zero-order chi connectivity index (χ0) is 15.6. The monoisotopic (exact) mass is 418 g/mol. The highest BCUT2D eigenvalue weighted by Gasteiger charge is 2.13. The Balaban J connectivity index is 2.20. The minimum atomic E-state index is -0.135. The zero-order valence-electron chi connectivity index (χ0n) is 10.9. The summed E-state index contributed by atoms with van der Waals surface area (Å²) in [5, 5.41) is 31.2. The molecule has 0 amide bonds. The summed E-state index contributed by atoms with van der Waals surface area (Å²) in [6, 6.07) is 1.52. The number of hydrazone groups is 1. The topological polar surface area (TPSA) is 122 Å². The quantitative estimate of drug-likeness (QED) is 0.341. The van der Waals surface area contributed by atoms with Crippen molar-refractivity contribution >= 4 is 44.0 Å². The molecule has 2 aromatic rings. The maximum absolute atomic E-state index is 9.89. The van der Waals surface area contributed by atoms with Crippen molar-refractivity contribution in [1.29, 1.82) is 0 Å². The summed E-state index contributed by atoms with van der Waals surface area (Å²) in [4.78, 5) is 0. The van der Waals surface area contributed by atoms with Crippen molar-refractivity contribution in [3.63, 3.8) is 0 Å². The van der Waals surface area contributed by atoms with Crippen LogP contribution in [0, 0.1) is 0 Å². The maximum Gasteiger partial charge on any atom is 0.263 e. The number of nitrogens with two attached hydrogens (primary N) is 1. The Labute approximate surface area is 136 Å². The molecule has 10 heteroatoms. The van der Waals surface area contributed by atoms with Crippen LogP contribution < -0.4 is 11.3 Å². The van der Waals surface area contributed by atoms with Gasteiger partial charge in [-0.25, -0.2) is 10.1 Å². The number of nitrogens with one attached hydrogen (secondary N) is 1. The molecule has 1 heterocycles. The van der Waals surface area contributed by atoms with Crippen LogP contribution in [0.5, 0.6) is 11.5 Å². The van der Waals surface area contributed by atoms with Crippen LogP contribution in [-0.2, 0) is 6.42 Å². The summed E-state index contributed by atoms with van der Waals surface area (Å²) in [5.74, 6) is 6.42. The van der Waals surface area contributed by atoms with E-state index in [2.05, 4.69) is 52.6 Å². The third-order valence-electron chi connectivity index (χ3n) is 2.65. The number of halogens is 2. The number of aromatic hydroxyl groups is 2. The first kappa shape index (κ1) is 15.6. The molecule has 0 unspecified atom stereocenters. The molecule has 2 rings (SSSR count). The lowest BCUT2D eigenvalue weighted by molar-refractivity contribution is 0.442. The van der Waals surface area contributed by atoms with E-state index in [9.17, 15) is 10.2 Å². The predicted molar refractivity (Wildman–Crippen MR) is 85.9 cm³/mol. The standard InChI is InChI=1S/C11H12Br2N6O2/c1-2-7-16-18-11(19(7)14)17-15-4-5-3-6(12)10(21)8(13)9(5)20/h3-4,20-21H,2,14H2,1H3,(H,17,18). The highest BCUT2D eigenvalue weighted by molar-refractivity contribution is 9.11. The molecular weight excluding hydrogens is 408 g/mol. The number of aromatic nitrogens is 3. The third kappa shape index (κ3) is 3.10. The first-order chi connectivity index (χ1) is 9.95. The van der Waals surface area contributed by atoms with Gasteiger partial charge in [-0.1, -0.05) is 6.92 Å². The summed E-state index contributed by atoms with van der Waals surface area (Å²) in [7, 11) is 0. The van der Waals surface area contributed by atoms with Crippen molar-refractivity contribution < 1.29 is 10.2 Å². The molecule has 0 fully saturated rings. The average Bonchev–Trinajstić information content (AvgIpc) is 2.82. The lowest BCUT2D eigenvalue weighted by Gasteiger charge is -2.06. The van der Waals surface area contributed by atoms with Gasteiger partial charge in [0.1, 0.15) is 16.0 Å². The molecule has 0 saturated heterocycles. The molecule has 0 atom stereocenters. The minimum Gasteiger partial charge on any atom is -0.506 e. The Hall–Kier alpha value is -1.81. The van der Waals surface area contributed by atoms with Crippen LogP contribution in [0.25, 0.3) is 0 Å². The SMILES string of the molecule is CCc1nnc(NN=Cc2cc(Br)c(O)c(Br)c2O)n1N. The Bertz CT molecular complexity index is 701. The molecule has 8 nitrogen and oxygen atoms in total. The first-order valence-corrected chi connectivity index (χ1v) is 7.42. The lowest BCUT2D eigenvalue weighted by atomic mass is 10.2. The molecule has 0 saturated carbocycles. The molecule has 1 aromatic carbocycles. The maximum atomic E-state index is 9.89. The fraction of sp³-hybridized carbons (Fsp3) is 0.182. The number of hydrogen-bond acceptors (Lipinski definition) is 7. The van der Waals surface area contributed by atoms with E-state index in [0.717, 1.165) is 0 Å². The second-order valence-electron chi connectivity index (χ2n) is 3.99. The number of aryl methyl sites for hydroxylation is 1. The van der Waals surface area contributed by atoms with E-state index in [0.29, 0.717) is 22.3 Å². The van der Waals surface area contributed by atoms with E-state index in [4.69, 9.17) is 5.84 Å². The normalized spacial score (nSPS) is 11.2. The van der Waals surface area contributed by atoms with Gasteiger partial charge in [-0.2, -0.15) is 5.10 Å². The summed E-state index contributed by atoms with van der Waals surface area (Å²) in [6.07, 6.45) is 2.01. The van der Waals surface area contributed by atoms with Gasteiger partial charge in [-0.15, -0.1) is 10.2 Å². The van der Waals surface area contributed by atoms with Gasteiger partial charge >= 0.3 is 0 Å². The first-order valence-electron chi connectivity index (χ1n) is 5.84. The van der Waals surface area contributed by atoms with Crippen LogP contribution >= 0.6 is 31.9 Å². The van der Waals surface area contributed by atoms with E-state index >= 15 is 0 Å². The Kier molecular flexibility index (Phi) is 4.68. The van der Waals surface area contributed by atoms with Gasteiger partial charge in [0.25, 0.3) is 5.95 Å². The second kappa shape index (κ2) is 6.31. The van der Waals surface area contributed by atoms with Crippen LogP contribution in [-0.4, -0.2) is 31.3 Å². The number of phenols is 2. The van der Waals surface area contributed by atoms with E-state index in [1.54, 1.807) is 0 Å². The summed E-state index contributed by atoms with van der Waals surface area (Å²) < 4.78 is 1.89. The van der Waals surface area contributed by atoms with E-state index in [1.807, 2.05) is 6.92 Å². The van der Waals surface area contributed by atoms with Crippen molar-refractivity contribution in [3.05, 3.63) is 26.4 Å². The highest BCUT2D eigenvalue weighted by atomic mass is 79.9. The fourth-order valence-electron chi connectivity index (χ4n) is 1.52. The van der Waals surface area contributed by atoms with Gasteiger partial charge in [0.15, 0.2) is 5.82 Å². The number of anilines is 1. The highest BCUT2D eigenvalue weighted by Crippen LogP contribution is 2.40. The van der Waals surface area contributed by atoms with Gasteiger partial charge < -0.3 is 16.1 Å². The third-order valence-corrected chi connectivity index (χ3v) is 4.00. The molecule has 0 spiro atoms. The number of hydrogen-bond donors (Lipinski definition) is 4. The number of benzene rings is 1. The molecule has 112 valence electrons. The second-order valence-corrected chi connectivity index (χ2v) is 5.64. The van der Waals surface area contributed by atoms with E-state index in [-0.39, 0.29) is 21.9 Å². The van der Waals surface area contributed by atoms with Crippen molar-refractivity contribution in [3.8, 4) is 11.5 Å². The summed E-state index contributed by atoms with van der Waals surface area (Å²) in [5.41, 5.74) is 3.01. The largest absolute Gasteiger partial charge is 0.506 e. The molecule has 0 bridgehead atoms. The van der Waals surface area contributed by atoms with Gasteiger partial charge in [0, 0.05) is 12.0 Å². The fourth-order valence-corrected chi connectivity index (χ4v) is 2.67. The van der Waals surface area contributed by atoms with E-state index in [1.165, 1.54) is 17.0 Å². The molecule has 0 aliphatic rings. The molecule has 0 aliphatic heterocycles. The number of nitrogens with zero attached hydrogens (tertiary/aromatic N) is 4. The van der Waals surface area contributed by atoms with Crippen LogP contribution in [0.4, 0.5) is 5.95 Å². The summed E-state index contributed by atoms with van der Waals surface area (Å²) in [6.45, 7) is 1.91. The Morgan fingerprint density at radius 2 is 2.10 bits per heavy atom. The van der Waals surface area contributed by atoms with Crippen molar-refractivity contribution in [2.24, 2.45) is 5.10 Å².